The van der Waals surface area contributed by atoms with Crippen LogP contribution >= 0.6 is 11.3 Å². The quantitative estimate of drug-likeness (QED) is 0.920. The van der Waals surface area contributed by atoms with Crippen LogP contribution in [-0.2, 0) is 4.79 Å². The van der Waals surface area contributed by atoms with Crippen LogP contribution in [0.5, 0.6) is 0 Å². The maximum absolute atomic E-state index is 12.2. The Hall–Kier alpha value is -1.62. The Morgan fingerprint density at radius 3 is 3.00 bits per heavy atom. The van der Waals surface area contributed by atoms with Crippen molar-refractivity contribution in [3.05, 3.63) is 40.3 Å². The van der Waals surface area contributed by atoms with Crippen molar-refractivity contribution < 1.29 is 4.79 Å². The van der Waals surface area contributed by atoms with Crippen molar-refractivity contribution in [1.82, 2.24) is 15.1 Å². The van der Waals surface area contributed by atoms with Crippen LogP contribution in [0.15, 0.2) is 29.8 Å². The summed E-state index contributed by atoms with van der Waals surface area (Å²) in [6, 6.07) is 6.00. The topological polar surface area (TPSA) is 49.0 Å². The molecule has 1 unspecified atom stereocenters. The average molecular weight is 261 g/mol. The van der Waals surface area contributed by atoms with E-state index < -0.39 is 0 Å². The Balaban J connectivity index is 1.60. The molecule has 3 rings (SSSR count). The van der Waals surface area contributed by atoms with Crippen LogP contribution in [0.1, 0.15) is 29.3 Å². The summed E-state index contributed by atoms with van der Waals surface area (Å²) < 4.78 is 0. The van der Waals surface area contributed by atoms with Crippen LogP contribution in [0.25, 0.3) is 0 Å². The van der Waals surface area contributed by atoms with Gasteiger partial charge in [0.05, 0.1) is 5.92 Å². The van der Waals surface area contributed by atoms with Gasteiger partial charge in [0.25, 0.3) is 0 Å². The Labute approximate surface area is 110 Å². The van der Waals surface area contributed by atoms with Gasteiger partial charge in [-0.15, -0.1) is 11.3 Å². The lowest BCUT2D eigenvalue weighted by Gasteiger charge is -2.40. The number of thiophene rings is 1. The molecule has 1 aliphatic rings. The van der Waals surface area contributed by atoms with Crippen molar-refractivity contribution in [2.45, 2.75) is 18.8 Å². The van der Waals surface area contributed by atoms with Crippen molar-refractivity contribution in [2.24, 2.45) is 0 Å². The predicted octanol–water partition coefficient (Wildman–Crippen LogP) is 2.20. The Morgan fingerprint density at radius 1 is 1.56 bits per heavy atom. The van der Waals surface area contributed by atoms with E-state index in [1.165, 1.54) is 0 Å². The van der Waals surface area contributed by atoms with E-state index in [1.54, 1.807) is 17.5 Å². The molecule has 1 atom stereocenters. The fourth-order valence-corrected chi connectivity index (χ4v) is 3.06. The van der Waals surface area contributed by atoms with Gasteiger partial charge in [0.1, 0.15) is 0 Å². The van der Waals surface area contributed by atoms with Gasteiger partial charge in [-0.1, -0.05) is 6.07 Å². The zero-order valence-corrected chi connectivity index (χ0v) is 11.0. The number of carbonyl (C=O) groups excluding carboxylic acids is 1. The Bertz CT molecular complexity index is 514. The zero-order chi connectivity index (χ0) is 12.5. The lowest BCUT2D eigenvalue weighted by Crippen LogP contribution is -2.49. The molecule has 2 aromatic rings. The van der Waals surface area contributed by atoms with Crippen LogP contribution in [0.4, 0.5) is 0 Å². The van der Waals surface area contributed by atoms with E-state index in [2.05, 4.69) is 10.2 Å². The molecule has 0 aliphatic carbocycles. The van der Waals surface area contributed by atoms with E-state index >= 15 is 0 Å². The number of likely N-dealkylation sites (tertiary alicyclic amines) is 1. The summed E-state index contributed by atoms with van der Waals surface area (Å²) in [5.41, 5.74) is 1.13. The van der Waals surface area contributed by atoms with Gasteiger partial charge in [0.15, 0.2) is 0 Å². The Morgan fingerprint density at radius 2 is 2.39 bits per heavy atom. The van der Waals surface area contributed by atoms with Crippen LogP contribution in [0.3, 0.4) is 0 Å². The standard InChI is InChI=1S/C13H15N3OS/c1-9(12-3-2-6-18-12)13(17)16-7-10(8-16)11-4-5-14-15-11/h2-6,9-10H,7-8H2,1H3,(H,14,15). The highest BCUT2D eigenvalue weighted by Gasteiger charge is 2.35. The largest absolute Gasteiger partial charge is 0.341 e. The van der Waals surface area contributed by atoms with Crippen molar-refractivity contribution in [2.75, 3.05) is 13.1 Å². The monoisotopic (exact) mass is 261 g/mol. The lowest BCUT2D eigenvalue weighted by molar-refractivity contribution is -0.136. The smallest absolute Gasteiger partial charge is 0.230 e. The van der Waals surface area contributed by atoms with Crippen molar-refractivity contribution >= 4 is 17.2 Å². The number of aromatic amines is 1. The zero-order valence-electron chi connectivity index (χ0n) is 10.2. The normalized spacial score (nSPS) is 17.5. The van der Waals surface area contributed by atoms with Crippen LogP contribution in [0, 0.1) is 0 Å². The summed E-state index contributed by atoms with van der Waals surface area (Å²) >= 11 is 1.65. The van der Waals surface area contributed by atoms with Crippen LogP contribution in [0.2, 0.25) is 0 Å². The van der Waals surface area contributed by atoms with E-state index in [0.717, 1.165) is 23.7 Å². The first-order valence-electron chi connectivity index (χ1n) is 6.07. The molecule has 0 saturated carbocycles. The van der Waals surface area contributed by atoms with Gasteiger partial charge in [-0.25, -0.2) is 0 Å². The number of hydrogen-bond donors (Lipinski definition) is 1. The maximum Gasteiger partial charge on any atom is 0.230 e. The van der Waals surface area contributed by atoms with Gasteiger partial charge in [0, 0.05) is 35.8 Å². The first kappa shape index (κ1) is 11.5. The number of amides is 1. The van der Waals surface area contributed by atoms with E-state index in [4.69, 9.17) is 0 Å². The van der Waals surface area contributed by atoms with Crippen molar-refractivity contribution in [1.29, 1.82) is 0 Å². The second-order valence-corrected chi connectivity index (χ2v) is 5.67. The molecule has 0 radical (unpaired) electrons. The van der Waals surface area contributed by atoms with E-state index in [0.29, 0.717) is 5.92 Å². The van der Waals surface area contributed by atoms with Gasteiger partial charge in [0.2, 0.25) is 5.91 Å². The van der Waals surface area contributed by atoms with Crippen molar-refractivity contribution in [3.63, 3.8) is 0 Å². The third-order valence-corrected chi connectivity index (χ3v) is 4.55. The third-order valence-electron chi connectivity index (χ3n) is 3.50. The molecule has 1 amide bonds. The third kappa shape index (κ3) is 1.95. The SMILES string of the molecule is CC(C(=O)N1CC(c2ccn[nH]2)C1)c1cccs1. The molecule has 2 aromatic heterocycles. The molecule has 4 nitrogen and oxygen atoms in total. The molecule has 1 saturated heterocycles. The summed E-state index contributed by atoms with van der Waals surface area (Å²) in [7, 11) is 0. The van der Waals surface area contributed by atoms with E-state index in [9.17, 15) is 4.79 Å². The van der Waals surface area contributed by atoms with Gasteiger partial charge in [-0.2, -0.15) is 5.10 Å². The first-order chi connectivity index (χ1) is 8.75. The highest BCUT2D eigenvalue weighted by atomic mass is 32.1. The first-order valence-corrected chi connectivity index (χ1v) is 6.95. The molecule has 0 spiro atoms. The summed E-state index contributed by atoms with van der Waals surface area (Å²) in [5, 5.41) is 8.93. The number of H-pyrrole nitrogens is 1. The minimum Gasteiger partial charge on any atom is -0.341 e. The Kier molecular flexibility index (Phi) is 2.91. The lowest BCUT2D eigenvalue weighted by atomic mass is 9.94. The fourth-order valence-electron chi connectivity index (χ4n) is 2.28. The van der Waals surface area contributed by atoms with E-state index in [1.807, 2.05) is 35.4 Å². The van der Waals surface area contributed by atoms with E-state index in [-0.39, 0.29) is 11.8 Å². The molecule has 0 bridgehead atoms. The molecule has 94 valence electrons. The summed E-state index contributed by atoms with van der Waals surface area (Å²) in [4.78, 5) is 15.3. The molecule has 3 heterocycles. The molecule has 1 fully saturated rings. The number of nitrogens with zero attached hydrogens (tertiary/aromatic N) is 2. The molecule has 5 heteroatoms. The second kappa shape index (κ2) is 4.57. The molecule has 1 N–H and O–H groups in total. The molecule has 0 aromatic carbocycles. The van der Waals surface area contributed by atoms with Gasteiger partial charge in [-0.05, 0) is 24.4 Å². The number of nitrogens with one attached hydrogen (secondary N) is 1. The second-order valence-electron chi connectivity index (χ2n) is 4.69. The summed E-state index contributed by atoms with van der Waals surface area (Å²) in [5.74, 6) is 0.632. The van der Waals surface area contributed by atoms with Crippen molar-refractivity contribution in [3.8, 4) is 0 Å². The molecule has 18 heavy (non-hydrogen) atoms. The number of carbonyl (C=O) groups is 1. The number of aromatic nitrogens is 2. The molecule has 1 aliphatic heterocycles. The number of rotatable bonds is 3. The van der Waals surface area contributed by atoms with Crippen LogP contribution < -0.4 is 0 Å². The minimum atomic E-state index is -0.0206. The van der Waals surface area contributed by atoms with Gasteiger partial charge >= 0.3 is 0 Å². The van der Waals surface area contributed by atoms with Gasteiger partial charge in [-0.3, -0.25) is 9.89 Å². The summed E-state index contributed by atoms with van der Waals surface area (Å²) in [6.45, 7) is 3.59. The minimum absolute atomic E-state index is 0.0206. The molecular weight excluding hydrogens is 246 g/mol. The number of hydrogen-bond acceptors (Lipinski definition) is 3. The summed E-state index contributed by atoms with van der Waals surface area (Å²) in [6.07, 6.45) is 1.76. The average Bonchev–Trinajstić information content (AvgIpc) is 2.98. The maximum atomic E-state index is 12.2. The fraction of sp³-hybridized carbons (Fsp3) is 0.385. The predicted molar refractivity (Wildman–Crippen MR) is 70.6 cm³/mol. The molecular formula is C13H15N3OS. The van der Waals surface area contributed by atoms with Gasteiger partial charge < -0.3 is 4.90 Å². The van der Waals surface area contributed by atoms with Crippen LogP contribution in [-0.4, -0.2) is 34.1 Å². The highest BCUT2D eigenvalue weighted by Crippen LogP contribution is 2.30. The highest BCUT2D eigenvalue weighted by molar-refractivity contribution is 7.10.